The summed E-state index contributed by atoms with van der Waals surface area (Å²) in [5.74, 6) is 1.03. The van der Waals surface area contributed by atoms with E-state index in [1.165, 1.54) is 41.8 Å². The molecule has 0 saturated heterocycles. The number of halogens is 3. The molecule has 160 valence electrons. The van der Waals surface area contributed by atoms with Gasteiger partial charge in [-0.3, -0.25) is 0 Å². The third-order valence-corrected chi connectivity index (χ3v) is 6.55. The maximum atomic E-state index is 12.8. The molecule has 1 aromatic carbocycles. The summed E-state index contributed by atoms with van der Waals surface area (Å²) >= 11 is 1.56. The molecule has 30 heavy (non-hydrogen) atoms. The van der Waals surface area contributed by atoms with E-state index in [0.717, 1.165) is 35.8 Å². The molecule has 1 fully saturated rings. The van der Waals surface area contributed by atoms with E-state index in [4.69, 9.17) is 4.98 Å². The van der Waals surface area contributed by atoms with Crippen molar-refractivity contribution in [3.63, 3.8) is 0 Å². The number of thioether (sulfide) groups is 1. The highest BCUT2D eigenvalue weighted by molar-refractivity contribution is 7.98. The fourth-order valence-electron chi connectivity index (χ4n) is 3.88. The normalized spacial score (nSPS) is 15.6. The number of hydrogen-bond donors (Lipinski definition) is 0. The Morgan fingerprint density at radius 1 is 1.07 bits per heavy atom. The van der Waals surface area contributed by atoms with Gasteiger partial charge in [0, 0.05) is 11.7 Å². The second-order valence-corrected chi connectivity index (χ2v) is 8.51. The number of aryl methyl sites for hydroxylation is 1. The van der Waals surface area contributed by atoms with Gasteiger partial charge in [0.1, 0.15) is 0 Å². The van der Waals surface area contributed by atoms with Crippen LogP contribution in [-0.4, -0.2) is 29.8 Å². The van der Waals surface area contributed by atoms with Gasteiger partial charge in [0.05, 0.1) is 22.7 Å². The van der Waals surface area contributed by atoms with Gasteiger partial charge >= 0.3 is 6.18 Å². The van der Waals surface area contributed by atoms with Crippen molar-refractivity contribution in [3.05, 3.63) is 47.0 Å². The van der Waals surface area contributed by atoms with Crippen LogP contribution in [0.5, 0.6) is 0 Å². The minimum absolute atomic E-state index is 0.466. The molecule has 0 unspecified atom stereocenters. The third kappa shape index (κ3) is 4.23. The summed E-state index contributed by atoms with van der Waals surface area (Å²) in [4.78, 5) is 4.75. The summed E-state index contributed by atoms with van der Waals surface area (Å²) in [6.45, 7) is 4.12. The highest BCUT2D eigenvalue weighted by Gasteiger charge is 2.30. The Morgan fingerprint density at radius 3 is 2.43 bits per heavy atom. The number of aromatic nitrogens is 6. The van der Waals surface area contributed by atoms with Crippen LogP contribution in [0, 0.1) is 13.8 Å². The first kappa shape index (κ1) is 20.9. The minimum atomic E-state index is -4.37. The van der Waals surface area contributed by atoms with Gasteiger partial charge in [-0.05, 0) is 61.4 Å². The molecule has 1 saturated carbocycles. The SMILES string of the molecule is Cc1nc(SCc2nnnn2-c2ccc(C(F)(F)F)cc2)n(C2CCCCC2)c1C. The van der Waals surface area contributed by atoms with Crippen molar-refractivity contribution >= 4 is 11.8 Å². The van der Waals surface area contributed by atoms with Gasteiger partial charge in [-0.25, -0.2) is 4.98 Å². The zero-order chi connectivity index (χ0) is 21.3. The predicted molar refractivity (Wildman–Crippen MR) is 108 cm³/mol. The lowest BCUT2D eigenvalue weighted by Gasteiger charge is -2.26. The lowest BCUT2D eigenvalue weighted by atomic mass is 9.95. The van der Waals surface area contributed by atoms with E-state index in [1.807, 2.05) is 6.92 Å². The highest BCUT2D eigenvalue weighted by Crippen LogP contribution is 2.35. The molecule has 1 aliphatic carbocycles. The average molecular weight is 437 g/mol. The number of tetrazole rings is 1. The smallest absolute Gasteiger partial charge is 0.320 e. The lowest BCUT2D eigenvalue weighted by molar-refractivity contribution is -0.137. The fraction of sp³-hybridized carbons (Fsp3) is 0.500. The van der Waals surface area contributed by atoms with Crippen LogP contribution in [0.1, 0.15) is 60.9 Å². The summed E-state index contributed by atoms with van der Waals surface area (Å²) in [7, 11) is 0. The van der Waals surface area contributed by atoms with Gasteiger partial charge in [0.25, 0.3) is 0 Å². The van der Waals surface area contributed by atoms with Gasteiger partial charge in [0.2, 0.25) is 0 Å². The molecule has 2 aromatic heterocycles. The summed E-state index contributed by atoms with van der Waals surface area (Å²) in [5, 5.41) is 12.7. The van der Waals surface area contributed by atoms with Crippen LogP contribution in [0.15, 0.2) is 29.4 Å². The summed E-state index contributed by atoms with van der Waals surface area (Å²) in [6.07, 6.45) is 1.70. The molecule has 0 N–H and O–H groups in total. The second-order valence-electron chi connectivity index (χ2n) is 7.57. The van der Waals surface area contributed by atoms with Crippen LogP contribution in [0.25, 0.3) is 5.69 Å². The van der Waals surface area contributed by atoms with Crippen LogP contribution in [0.2, 0.25) is 0 Å². The monoisotopic (exact) mass is 436 g/mol. The number of benzene rings is 1. The van der Waals surface area contributed by atoms with E-state index >= 15 is 0 Å². The highest BCUT2D eigenvalue weighted by atomic mass is 32.2. The Bertz CT molecular complexity index is 1000. The third-order valence-electron chi connectivity index (χ3n) is 5.60. The van der Waals surface area contributed by atoms with E-state index in [9.17, 15) is 13.2 Å². The maximum absolute atomic E-state index is 12.8. The Kier molecular flexibility index (Phi) is 5.86. The molecule has 3 aromatic rings. The van der Waals surface area contributed by atoms with Gasteiger partial charge in [-0.15, -0.1) is 5.10 Å². The minimum Gasteiger partial charge on any atom is -0.320 e. The number of nitrogens with zero attached hydrogens (tertiary/aromatic N) is 6. The molecule has 6 nitrogen and oxygen atoms in total. The van der Waals surface area contributed by atoms with E-state index in [-0.39, 0.29) is 0 Å². The number of hydrogen-bond acceptors (Lipinski definition) is 5. The van der Waals surface area contributed by atoms with E-state index in [1.54, 1.807) is 11.8 Å². The molecule has 2 heterocycles. The van der Waals surface area contributed by atoms with Gasteiger partial charge in [-0.1, -0.05) is 31.0 Å². The summed E-state index contributed by atoms with van der Waals surface area (Å²) in [6, 6.07) is 5.30. The molecular formula is C20H23F3N6S. The van der Waals surface area contributed by atoms with Crippen molar-refractivity contribution in [2.24, 2.45) is 0 Å². The standard InChI is InChI=1S/C20H23F3N6S/c1-13-14(2)28(16-6-4-3-5-7-16)19(24-13)30-12-18-25-26-27-29(18)17-10-8-15(9-11-17)20(21,22)23/h8-11,16H,3-7,12H2,1-2H3. The van der Waals surface area contributed by atoms with Crippen LogP contribution in [0.3, 0.4) is 0 Å². The van der Waals surface area contributed by atoms with Crippen molar-refractivity contribution in [2.75, 3.05) is 0 Å². The number of imidazole rings is 1. The van der Waals surface area contributed by atoms with Crippen LogP contribution >= 0.6 is 11.8 Å². The van der Waals surface area contributed by atoms with Crippen molar-refractivity contribution in [2.45, 2.75) is 69.1 Å². The maximum Gasteiger partial charge on any atom is 0.416 e. The first-order valence-corrected chi connectivity index (χ1v) is 11.0. The lowest BCUT2D eigenvalue weighted by Crippen LogP contribution is -2.15. The molecular weight excluding hydrogens is 413 g/mol. The van der Waals surface area contributed by atoms with Gasteiger partial charge in [-0.2, -0.15) is 17.9 Å². The Labute approximate surface area is 176 Å². The van der Waals surface area contributed by atoms with E-state index in [2.05, 4.69) is 27.0 Å². The molecule has 0 spiro atoms. The average Bonchev–Trinajstić information content (AvgIpc) is 3.31. The van der Waals surface area contributed by atoms with Crippen molar-refractivity contribution in [1.82, 2.24) is 29.8 Å². The number of alkyl halides is 3. The van der Waals surface area contributed by atoms with E-state index in [0.29, 0.717) is 23.3 Å². The Morgan fingerprint density at radius 2 is 1.77 bits per heavy atom. The molecule has 10 heteroatoms. The molecule has 0 bridgehead atoms. The molecule has 0 amide bonds. The van der Waals surface area contributed by atoms with Crippen LogP contribution in [0.4, 0.5) is 13.2 Å². The van der Waals surface area contributed by atoms with Crippen molar-refractivity contribution < 1.29 is 13.2 Å². The zero-order valence-electron chi connectivity index (χ0n) is 16.9. The molecule has 0 atom stereocenters. The van der Waals surface area contributed by atoms with Crippen molar-refractivity contribution in [3.8, 4) is 5.69 Å². The fourth-order valence-corrected chi connectivity index (χ4v) is 4.95. The van der Waals surface area contributed by atoms with Crippen LogP contribution in [-0.2, 0) is 11.9 Å². The zero-order valence-corrected chi connectivity index (χ0v) is 17.7. The molecule has 4 rings (SSSR count). The Hall–Kier alpha value is -2.36. The Balaban J connectivity index is 1.54. The summed E-state index contributed by atoms with van der Waals surface area (Å²) in [5.41, 5.74) is 2.00. The molecule has 1 aliphatic rings. The van der Waals surface area contributed by atoms with Crippen molar-refractivity contribution in [1.29, 1.82) is 0 Å². The topological polar surface area (TPSA) is 61.4 Å². The largest absolute Gasteiger partial charge is 0.416 e. The summed E-state index contributed by atoms with van der Waals surface area (Å²) < 4.78 is 42.3. The van der Waals surface area contributed by atoms with Crippen LogP contribution < -0.4 is 0 Å². The molecule has 0 aliphatic heterocycles. The quantitative estimate of drug-likeness (QED) is 0.509. The van der Waals surface area contributed by atoms with Gasteiger partial charge in [0.15, 0.2) is 11.0 Å². The first-order chi connectivity index (χ1) is 14.3. The second kappa shape index (κ2) is 8.41. The van der Waals surface area contributed by atoms with Gasteiger partial charge < -0.3 is 4.57 Å². The molecule has 0 radical (unpaired) electrons. The predicted octanol–water partition coefficient (Wildman–Crippen LogP) is 5.29. The van der Waals surface area contributed by atoms with E-state index < -0.39 is 11.7 Å². The first-order valence-electron chi connectivity index (χ1n) is 9.97. The number of rotatable bonds is 5.